The summed E-state index contributed by atoms with van der Waals surface area (Å²) in [5.74, 6) is 0.758. The van der Waals surface area contributed by atoms with E-state index in [1.165, 1.54) is 0 Å². The summed E-state index contributed by atoms with van der Waals surface area (Å²) in [6.07, 6.45) is 3.10. The average molecular weight is 522 g/mol. The predicted octanol–water partition coefficient (Wildman–Crippen LogP) is 3.49. The Labute approximate surface area is 218 Å². The van der Waals surface area contributed by atoms with Crippen LogP contribution in [0.5, 0.6) is 0 Å². The third-order valence-electron chi connectivity index (χ3n) is 7.21. The normalized spacial score (nSPS) is 19.1. The molecular weight excluding hydrogens is 486 g/mol. The van der Waals surface area contributed by atoms with Crippen molar-refractivity contribution in [2.75, 3.05) is 44.2 Å². The fourth-order valence-electron chi connectivity index (χ4n) is 5.13. The van der Waals surface area contributed by atoms with Gasteiger partial charge in [0.1, 0.15) is 15.6 Å². The minimum atomic E-state index is -2.99. The van der Waals surface area contributed by atoms with Gasteiger partial charge in [-0.25, -0.2) is 13.3 Å². The molecule has 2 aromatic carbocycles. The highest BCUT2D eigenvalue weighted by Gasteiger charge is 2.31. The molecule has 1 amide bonds. The van der Waals surface area contributed by atoms with Crippen LogP contribution in [0.15, 0.2) is 53.4 Å². The number of nitrogens with two attached hydrogens (primary N) is 1. The Morgan fingerprint density at radius 2 is 1.51 bits per heavy atom. The minimum absolute atomic E-state index is 0.0428. The van der Waals surface area contributed by atoms with Gasteiger partial charge in [0.25, 0.3) is 0 Å². The maximum Gasteiger partial charge on any atom is 0.242 e. The van der Waals surface area contributed by atoms with Crippen molar-refractivity contribution < 1.29 is 9.00 Å². The third-order valence-corrected chi connectivity index (χ3v) is 9.21. The van der Waals surface area contributed by atoms with Crippen LogP contribution in [0.2, 0.25) is 0 Å². The number of hydrogen-bond donors (Lipinski definition) is 2. The van der Waals surface area contributed by atoms with E-state index in [0.29, 0.717) is 44.2 Å². The van der Waals surface area contributed by atoms with E-state index in [0.717, 1.165) is 47.1 Å². The second-order valence-corrected chi connectivity index (χ2v) is 12.5. The van der Waals surface area contributed by atoms with Crippen molar-refractivity contribution in [1.82, 2.24) is 19.4 Å². The molecule has 3 N–H and O–H groups in total. The van der Waals surface area contributed by atoms with Crippen LogP contribution in [0.25, 0.3) is 22.0 Å². The number of nitrogens with one attached hydrogen (secondary N) is 1. The summed E-state index contributed by atoms with van der Waals surface area (Å²) in [5.41, 5.74) is 6.75. The average Bonchev–Trinajstić information content (AvgIpc) is 2.92. The molecule has 2 fully saturated rings. The fourth-order valence-corrected chi connectivity index (χ4v) is 6.71. The number of rotatable bonds is 5. The molecule has 10 heteroatoms. The number of amides is 1. The van der Waals surface area contributed by atoms with Gasteiger partial charge in [-0.3, -0.25) is 4.79 Å². The van der Waals surface area contributed by atoms with Crippen LogP contribution in [0, 0.1) is 4.78 Å². The van der Waals surface area contributed by atoms with Gasteiger partial charge in [-0.2, -0.15) is 0 Å². The van der Waals surface area contributed by atoms with Gasteiger partial charge < -0.3 is 15.5 Å². The molecule has 0 radical (unpaired) electrons. The topological polar surface area (TPSA) is 120 Å². The molecule has 2 aliphatic heterocycles. The van der Waals surface area contributed by atoms with Crippen LogP contribution >= 0.6 is 0 Å². The molecule has 0 aliphatic carbocycles. The molecule has 37 heavy (non-hydrogen) atoms. The number of anilines is 1. The van der Waals surface area contributed by atoms with E-state index in [9.17, 15) is 9.00 Å². The Kier molecular flexibility index (Phi) is 6.91. The quantitative estimate of drug-likeness (QED) is 0.530. The van der Waals surface area contributed by atoms with E-state index < -0.39 is 15.5 Å². The third kappa shape index (κ3) is 5.05. The van der Waals surface area contributed by atoms with E-state index in [1.807, 2.05) is 41.3 Å². The summed E-state index contributed by atoms with van der Waals surface area (Å²) >= 11 is 0. The molecule has 9 nitrogen and oxygen atoms in total. The largest absolute Gasteiger partial charge is 0.351 e. The standard InChI is InChI=1S/C27H35N7O2S/c1-27(2,28)26(35)33-18-16-32(17-19-33)25-23-9-5-4-8-22(23)24(30-31-25)20-10-12-21(13-11-20)37(29,36)34-14-6-3-7-15-34/h4-5,8-13,29H,3,6-7,14-19,28H2,1-2H3. The Bertz CT molecular complexity index is 1390. The van der Waals surface area contributed by atoms with Crippen molar-refractivity contribution in [2.24, 2.45) is 5.73 Å². The van der Waals surface area contributed by atoms with Gasteiger partial charge >= 0.3 is 0 Å². The van der Waals surface area contributed by atoms with Crippen molar-refractivity contribution >= 4 is 32.4 Å². The lowest BCUT2D eigenvalue weighted by Gasteiger charge is -2.38. The second-order valence-electron chi connectivity index (χ2n) is 10.5. The molecular formula is C27H35N7O2S. The zero-order valence-corrected chi connectivity index (χ0v) is 22.3. The lowest BCUT2D eigenvalue weighted by molar-refractivity contribution is -0.136. The minimum Gasteiger partial charge on any atom is -0.351 e. The number of nitrogens with zero attached hydrogens (tertiary/aromatic N) is 5. The van der Waals surface area contributed by atoms with Gasteiger partial charge in [-0.1, -0.05) is 42.8 Å². The summed E-state index contributed by atoms with van der Waals surface area (Å²) in [6, 6.07) is 15.4. The molecule has 5 rings (SSSR count). The zero-order valence-electron chi connectivity index (χ0n) is 21.5. The maximum atomic E-state index is 13.3. The van der Waals surface area contributed by atoms with Gasteiger partial charge in [0.05, 0.1) is 10.4 Å². The fraction of sp³-hybridized carbons (Fsp3) is 0.444. The summed E-state index contributed by atoms with van der Waals surface area (Å²) in [7, 11) is -2.99. The summed E-state index contributed by atoms with van der Waals surface area (Å²) in [4.78, 5) is 17.1. The predicted molar refractivity (Wildman–Crippen MR) is 147 cm³/mol. The number of fused-ring (bicyclic) bond motifs is 1. The number of carbonyl (C=O) groups is 1. The smallest absolute Gasteiger partial charge is 0.242 e. The number of carbonyl (C=O) groups excluding carboxylic acids is 1. The highest BCUT2D eigenvalue weighted by Crippen LogP contribution is 2.33. The van der Waals surface area contributed by atoms with Crippen LogP contribution in [0.4, 0.5) is 5.82 Å². The van der Waals surface area contributed by atoms with E-state index in [-0.39, 0.29) is 5.91 Å². The van der Waals surface area contributed by atoms with Gasteiger partial charge in [-0.15, -0.1) is 10.2 Å². The van der Waals surface area contributed by atoms with Gasteiger partial charge in [0.15, 0.2) is 5.82 Å². The van der Waals surface area contributed by atoms with Crippen molar-refractivity contribution in [3.05, 3.63) is 48.5 Å². The van der Waals surface area contributed by atoms with Gasteiger partial charge in [0, 0.05) is 55.6 Å². The Hall–Kier alpha value is -3.08. The number of hydrogen-bond acceptors (Lipinski definition) is 7. The summed E-state index contributed by atoms with van der Waals surface area (Å²) in [6.45, 7) is 7.36. The second kappa shape index (κ2) is 10.00. The summed E-state index contributed by atoms with van der Waals surface area (Å²) in [5, 5.41) is 11.2. The van der Waals surface area contributed by atoms with Crippen molar-refractivity contribution in [2.45, 2.75) is 43.5 Å². The molecule has 3 heterocycles. The summed E-state index contributed by atoms with van der Waals surface area (Å²) < 4.78 is 23.6. The maximum absolute atomic E-state index is 13.3. The molecule has 0 spiro atoms. The number of aromatic nitrogens is 2. The van der Waals surface area contributed by atoms with Crippen LogP contribution < -0.4 is 10.6 Å². The Morgan fingerprint density at radius 1 is 0.892 bits per heavy atom. The van der Waals surface area contributed by atoms with Crippen LogP contribution in [0.3, 0.4) is 0 Å². The number of piperidine rings is 1. The van der Waals surface area contributed by atoms with E-state index >= 15 is 0 Å². The highest BCUT2D eigenvalue weighted by atomic mass is 32.2. The first kappa shape index (κ1) is 25.6. The lowest BCUT2D eigenvalue weighted by Crippen LogP contribution is -2.57. The molecule has 2 saturated heterocycles. The molecule has 1 atom stereocenters. The van der Waals surface area contributed by atoms with E-state index in [2.05, 4.69) is 15.1 Å². The zero-order chi connectivity index (χ0) is 26.2. The van der Waals surface area contributed by atoms with Crippen molar-refractivity contribution in [3.8, 4) is 11.3 Å². The first-order valence-electron chi connectivity index (χ1n) is 12.9. The first-order chi connectivity index (χ1) is 17.7. The van der Waals surface area contributed by atoms with Gasteiger partial charge in [-0.05, 0) is 38.8 Å². The van der Waals surface area contributed by atoms with Crippen LogP contribution in [0.1, 0.15) is 33.1 Å². The van der Waals surface area contributed by atoms with Crippen LogP contribution in [-0.2, 0) is 14.7 Å². The van der Waals surface area contributed by atoms with Gasteiger partial charge in [0.2, 0.25) is 5.91 Å². The molecule has 0 saturated carbocycles. The number of benzene rings is 2. The highest BCUT2D eigenvalue weighted by molar-refractivity contribution is 7.90. The lowest BCUT2D eigenvalue weighted by atomic mass is 10.0. The molecule has 3 aromatic rings. The molecule has 2 aliphatic rings. The van der Waals surface area contributed by atoms with E-state index in [1.54, 1.807) is 30.3 Å². The Balaban J connectivity index is 1.40. The van der Waals surface area contributed by atoms with E-state index in [4.69, 9.17) is 10.5 Å². The van der Waals surface area contributed by atoms with Crippen molar-refractivity contribution in [1.29, 1.82) is 4.78 Å². The first-order valence-corrected chi connectivity index (χ1v) is 14.4. The molecule has 196 valence electrons. The number of piperazine rings is 1. The monoisotopic (exact) mass is 521 g/mol. The molecule has 1 aromatic heterocycles. The van der Waals surface area contributed by atoms with Crippen molar-refractivity contribution in [3.63, 3.8) is 0 Å². The molecule has 0 bridgehead atoms. The molecule has 1 unspecified atom stereocenters. The Morgan fingerprint density at radius 3 is 2.14 bits per heavy atom. The SMILES string of the molecule is CC(C)(N)C(=O)N1CCN(c2nnc(-c3ccc(S(=N)(=O)N4CCCCC4)cc3)c3ccccc23)CC1. The van der Waals surface area contributed by atoms with Crippen LogP contribution in [-0.4, -0.2) is 74.3 Å².